The summed E-state index contributed by atoms with van der Waals surface area (Å²) in [4.78, 5) is 30.2. The highest BCUT2D eigenvalue weighted by molar-refractivity contribution is 6.14. The van der Waals surface area contributed by atoms with Crippen LogP contribution in [-0.4, -0.2) is 34.5 Å². The monoisotopic (exact) mass is 1820 g/mol. The molecular weight excluding hydrogens is 1740 g/mol. The molecule has 3 spiro atoms. The maximum Gasteiger partial charge on any atom is 0.164 e. The summed E-state index contributed by atoms with van der Waals surface area (Å²) in [7, 11) is 0. The van der Waals surface area contributed by atoms with E-state index in [2.05, 4.69) is 369 Å². The molecule has 26 aromatic rings. The first kappa shape index (κ1) is 80.5. The average Bonchev–Trinajstić information content (AvgIpc) is 1.51. The van der Waals surface area contributed by atoms with Gasteiger partial charge in [-0.15, -0.1) is 0 Å². The van der Waals surface area contributed by atoms with Crippen LogP contribution in [-0.2, 0) is 22.7 Å². The van der Waals surface area contributed by atoms with Gasteiger partial charge >= 0.3 is 0 Å². The first-order valence-corrected chi connectivity index (χ1v) is 49.1. The molecule has 0 radical (unpaired) electrons. The van der Waals surface area contributed by atoms with Crippen LogP contribution in [0.25, 0.3) is 217 Å². The highest BCUT2D eigenvalue weighted by atomic mass is 16.3. The van der Waals surface area contributed by atoms with Crippen molar-refractivity contribution in [2.75, 3.05) is 0 Å². The van der Waals surface area contributed by atoms with E-state index in [4.69, 9.17) is 43.2 Å². The lowest BCUT2D eigenvalue weighted by Gasteiger charge is -2.30. The molecular formula is C133H81N7O3. The number of hydrogen-bond donors (Lipinski definition) is 0. The lowest BCUT2D eigenvalue weighted by molar-refractivity contribution is 0.666. The number of rotatable bonds is 8. The van der Waals surface area contributed by atoms with Crippen LogP contribution in [0.3, 0.4) is 0 Å². The molecule has 20 aromatic carbocycles. The molecule has 666 valence electrons. The molecule has 0 N–H and O–H groups in total. The van der Waals surface area contributed by atoms with Gasteiger partial charge in [0, 0.05) is 77.8 Å². The smallest absolute Gasteiger partial charge is 0.164 e. The number of aromatic nitrogens is 7. The van der Waals surface area contributed by atoms with Gasteiger partial charge in [0.2, 0.25) is 0 Å². The summed E-state index contributed by atoms with van der Waals surface area (Å²) >= 11 is 0. The topological polar surface area (TPSA) is 122 Å². The fourth-order valence-electron chi connectivity index (χ4n) is 25.1. The summed E-state index contributed by atoms with van der Waals surface area (Å²) in [6.45, 7) is 2.17. The van der Waals surface area contributed by atoms with E-state index in [0.29, 0.717) is 23.3 Å². The van der Waals surface area contributed by atoms with Gasteiger partial charge in [0.15, 0.2) is 23.3 Å². The Bertz CT molecular complexity index is 9620. The Kier molecular flexibility index (Phi) is 17.4. The number of benzene rings is 20. The molecule has 32 rings (SSSR count). The van der Waals surface area contributed by atoms with E-state index < -0.39 is 10.8 Å². The third-order valence-corrected chi connectivity index (χ3v) is 31.0. The van der Waals surface area contributed by atoms with Crippen molar-refractivity contribution < 1.29 is 13.3 Å². The SMILES string of the molecule is CCc1nc2ccccc2n1-c1ccc2oc3cc4c(cc3c2c1)-c1ccccc1C41c2ccccc2-c2ccccc21.c1ccc(-c2cc(-c3ccc4oc5cc6c(cc5c4c3)-c3ccccc3C63c4ccccc4-c4ccccc43)nc(-c3ccccc3)n2)cc1.c1ccc(-c2nc(-c3ccccc3)nc(-c3ccc4c(c3)C3(c5ccccc5-c5ccccc53)c3cc5oc6ccccc6c5cc3-4)n2)cc1. The van der Waals surface area contributed by atoms with Gasteiger partial charge in [-0.25, -0.2) is 29.9 Å². The number of para-hydroxylation sites is 3. The van der Waals surface area contributed by atoms with Crippen LogP contribution in [0, 0.1) is 0 Å². The number of furan rings is 3. The molecule has 0 saturated heterocycles. The highest BCUT2D eigenvalue weighted by Gasteiger charge is 2.56. The van der Waals surface area contributed by atoms with E-state index in [1.54, 1.807) is 0 Å². The third kappa shape index (κ3) is 11.6. The van der Waals surface area contributed by atoms with Crippen LogP contribution in [0.4, 0.5) is 0 Å². The summed E-state index contributed by atoms with van der Waals surface area (Å²) < 4.78 is 22.2. The second-order valence-electron chi connectivity index (χ2n) is 38.2. The van der Waals surface area contributed by atoms with Crippen LogP contribution < -0.4 is 0 Å². The lowest BCUT2D eigenvalue weighted by atomic mass is 9.70. The molecule has 143 heavy (non-hydrogen) atoms. The van der Waals surface area contributed by atoms with Gasteiger partial charge in [-0.1, -0.05) is 365 Å². The van der Waals surface area contributed by atoms with Gasteiger partial charge in [-0.2, -0.15) is 0 Å². The quantitative estimate of drug-likeness (QED) is 0.146. The summed E-state index contributed by atoms with van der Waals surface area (Å²) in [5.41, 5.74) is 45.9. The van der Waals surface area contributed by atoms with Crippen molar-refractivity contribution in [3.63, 3.8) is 0 Å². The molecule has 6 aliphatic carbocycles. The number of hydrogen-bond acceptors (Lipinski definition) is 9. The molecule has 6 heterocycles. The van der Waals surface area contributed by atoms with Crippen molar-refractivity contribution in [2.45, 2.75) is 29.6 Å². The van der Waals surface area contributed by atoms with Crippen molar-refractivity contribution in [3.05, 3.63) is 534 Å². The Morgan fingerprint density at radius 3 is 0.944 bits per heavy atom. The molecule has 0 unspecified atom stereocenters. The minimum Gasteiger partial charge on any atom is -0.456 e. The average molecular weight is 1830 g/mol. The van der Waals surface area contributed by atoms with E-state index in [1.165, 1.54) is 134 Å². The minimum absolute atomic E-state index is 0.372. The summed E-state index contributed by atoms with van der Waals surface area (Å²) in [5.74, 6) is 3.71. The maximum absolute atomic E-state index is 6.70. The van der Waals surface area contributed by atoms with Crippen molar-refractivity contribution in [1.82, 2.24) is 34.5 Å². The fraction of sp³-hybridized carbons (Fsp3) is 0.0376. The van der Waals surface area contributed by atoms with Crippen molar-refractivity contribution >= 4 is 76.8 Å². The van der Waals surface area contributed by atoms with Crippen LogP contribution in [0.1, 0.15) is 79.5 Å². The first-order chi connectivity index (χ1) is 70.8. The lowest BCUT2D eigenvalue weighted by Crippen LogP contribution is -2.25. The standard InChI is InChI=1S/C47H28N2O.C46H27N3O.C40H26N2O/c1-3-13-29(14-4-1)42-28-43(49-46(48-42)30-15-5-2-6-16-30)31-23-24-44-36(25-31)37-26-35-34-19-9-12-22-40(34)47(41(35)27-45(37)50-44)38-20-10-7-17-32(38)33-18-8-11-21-39(33)47;1-3-13-28(14-4-1)43-47-44(29-15-5-2-6-16-29)49-45(48-43)30-23-24-33-35-26-36-34-19-9-12-22-41(34)50-42(36)27-40(35)46(39(33)25-30)37-20-10-7-17-31(37)32-18-8-11-21-38(32)46;1-2-39-41-35-17-9-10-18-36(35)42(39)24-19-20-37-29(21-24)30-22-28-27-13-5-8-16-33(27)40(34(28)23-38(30)43-37)31-14-6-3-11-25(31)26-12-4-7-15-32(26)40/h1-28H;1-27H;3-23H,2H2,1H3. The number of nitrogens with zero attached hydrogens (tertiary/aromatic N) is 7. The van der Waals surface area contributed by atoms with Crippen LogP contribution >= 0.6 is 0 Å². The summed E-state index contributed by atoms with van der Waals surface area (Å²) in [6, 6.07) is 165. The number of aryl methyl sites for hydroxylation is 1. The Morgan fingerprint density at radius 2 is 0.503 bits per heavy atom. The van der Waals surface area contributed by atoms with Crippen LogP contribution in [0.15, 0.2) is 474 Å². The van der Waals surface area contributed by atoms with Crippen molar-refractivity contribution in [2.24, 2.45) is 0 Å². The molecule has 10 nitrogen and oxygen atoms in total. The van der Waals surface area contributed by atoms with E-state index in [0.717, 1.165) is 140 Å². The molecule has 6 aliphatic rings. The second kappa shape index (κ2) is 30.9. The second-order valence-corrected chi connectivity index (χ2v) is 38.2. The first-order valence-electron chi connectivity index (χ1n) is 49.1. The fourth-order valence-corrected chi connectivity index (χ4v) is 25.1. The molecule has 6 aromatic heterocycles. The van der Waals surface area contributed by atoms with Gasteiger partial charge in [0.25, 0.3) is 0 Å². The predicted molar refractivity (Wildman–Crippen MR) is 576 cm³/mol. The van der Waals surface area contributed by atoms with Gasteiger partial charge in [-0.3, -0.25) is 4.57 Å². The van der Waals surface area contributed by atoms with Crippen LogP contribution in [0.5, 0.6) is 0 Å². The molecule has 0 amide bonds. The van der Waals surface area contributed by atoms with E-state index in [1.807, 2.05) is 103 Å². The van der Waals surface area contributed by atoms with Crippen molar-refractivity contribution in [3.8, 4) is 141 Å². The zero-order chi connectivity index (χ0) is 93.9. The van der Waals surface area contributed by atoms with E-state index >= 15 is 0 Å². The molecule has 0 fully saturated rings. The highest BCUT2D eigenvalue weighted by Crippen LogP contribution is 2.68. The Morgan fingerprint density at radius 1 is 0.196 bits per heavy atom. The summed E-state index contributed by atoms with van der Waals surface area (Å²) in [6.07, 6.45) is 0.855. The minimum atomic E-state index is -0.543. The Hall–Kier alpha value is -18.6. The largest absolute Gasteiger partial charge is 0.456 e. The number of imidazole rings is 1. The van der Waals surface area contributed by atoms with Gasteiger partial charge in [-0.05, 0) is 237 Å². The molecule has 0 aliphatic heterocycles. The molecule has 0 atom stereocenters. The van der Waals surface area contributed by atoms with Gasteiger partial charge in [0.1, 0.15) is 39.3 Å². The number of fused-ring (bicyclic) bond motifs is 40. The van der Waals surface area contributed by atoms with E-state index in [9.17, 15) is 0 Å². The van der Waals surface area contributed by atoms with Crippen LogP contribution in [0.2, 0.25) is 0 Å². The zero-order valence-electron chi connectivity index (χ0n) is 77.4. The van der Waals surface area contributed by atoms with Crippen molar-refractivity contribution in [1.29, 1.82) is 0 Å². The molecule has 0 saturated carbocycles. The maximum atomic E-state index is 6.70. The van der Waals surface area contributed by atoms with Gasteiger partial charge in [0.05, 0.1) is 38.7 Å². The Balaban J connectivity index is 0.000000100. The normalized spacial score (nSPS) is 13.5. The molecule has 0 bridgehead atoms. The summed E-state index contributed by atoms with van der Waals surface area (Å²) in [5, 5.41) is 6.71. The predicted octanol–water partition coefficient (Wildman–Crippen LogP) is 32.7. The third-order valence-electron chi connectivity index (χ3n) is 31.0. The van der Waals surface area contributed by atoms with E-state index in [-0.39, 0.29) is 5.41 Å². The zero-order valence-corrected chi connectivity index (χ0v) is 77.4. The Labute approximate surface area is 822 Å². The van der Waals surface area contributed by atoms with Gasteiger partial charge < -0.3 is 13.3 Å². The molecule has 10 heteroatoms.